The molecule has 3 heterocycles. The van der Waals surface area contributed by atoms with Gasteiger partial charge in [-0.1, -0.05) is 63.1 Å². The number of rotatable bonds is 5. The van der Waals surface area contributed by atoms with E-state index in [9.17, 15) is 24.6 Å². The Morgan fingerprint density at radius 3 is 2.16 bits per heavy atom. The summed E-state index contributed by atoms with van der Waals surface area (Å²) in [6.07, 6.45) is 13.5. The maximum Gasteiger partial charge on any atom is 0.334 e. The summed E-state index contributed by atoms with van der Waals surface area (Å²) in [5, 5.41) is 23.2. The van der Waals surface area contributed by atoms with E-state index in [1.165, 1.54) is 7.11 Å². The van der Waals surface area contributed by atoms with Gasteiger partial charge < -0.3 is 29.2 Å². The van der Waals surface area contributed by atoms with Crippen molar-refractivity contribution in [1.29, 1.82) is 0 Å². The molecule has 278 valence electrons. The van der Waals surface area contributed by atoms with Gasteiger partial charge in [-0.25, -0.2) is 14.4 Å². The molecule has 0 spiro atoms. The number of hydrogen-bond acceptors (Lipinski definition) is 9. The lowest BCUT2D eigenvalue weighted by molar-refractivity contribution is -0.169. The van der Waals surface area contributed by atoms with Crippen molar-refractivity contribution in [3.8, 4) is 0 Å². The van der Waals surface area contributed by atoms with Gasteiger partial charge in [0, 0.05) is 16.7 Å². The van der Waals surface area contributed by atoms with Crippen molar-refractivity contribution >= 4 is 17.9 Å². The molecule has 9 heteroatoms. The first-order valence-corrected chi connectivity index (χ1v) is 18.6. The van der Waals surface area contributed by atoms with Crippen LogP contribution in [0.1, 0.15) is 126 Å². The Labute approximate surface area is 298 Å². The zero-order valence-electron chi connectivity index (χ0n) is 31.5. The van der Waals surface area contributed by atoms with Crippen LogP contribution in [0.4, 0.5) is 0 Å². The number of hydrogen-bond donors (Lipinski definition) is 2. The lowest BCUT2D eigenvalue weighted by atomic mass is 9.83. The molecule has 1 saturated heterocycles. The topological polar surface area (TPSA) is 132 Å². The number of carbonyl (C=O) groups is 3. The molecule has 0 radical (unpaired) electrons. The number of fused-ring (bicyclic) bond motifs is 4. The van der Waals surface area contributed by atoms with Crippen LogP contribution in [0.2, 0.25) is 0 Å². The van der Waals surface area contributed by atoms with Gasteiger partial charge in [-0.05, 0) is 116 Å². The molecule has 1 aliphatic carbocycles. The maximum absolute atomic E-state index is 14.2. The van der Waals surface area contributed by atoms with E-state index in [4.69, 9.17) is 18.9 Å². The number of esters is 3. The highest BCUT2D eigenvalue weighted by Crippen LogP contribution is 2.44. The lowest BCUT2D eigenvalue weighted by Gasteiger charge is -2.36. The van der Waals surface area contributed by atoms with Gasteiger partial charge in [-0.15, -0.1) is 0 Å². The summed E-state index contributed by atoms with van der Waals surface area (Å²) in [6, 6.07) is 0. The second-order valence-corrected chi connectivity index (χ2v) is 15.9. The molecular weight excluding hydrogens is 636 g/mol. The predicted molar refractivity (Wildman–Crippen MR) is 192 cm³/mol. The fourth-order valence-electron chi connectivity index (χ4n) is 7.25. The molecule has 0 amide bonds. The van der Waals surface area contributed by atoms with E-state index in [0.29, 0.717) is 80.9 Å². The van der Waals surface area contributed by atoms with Crippen molar-refractivity contribution in [2.24, 2.45) is 11.8 Å². The Morgan fingerprint density at radius 1 is 0.820 bits per heavy atom. The van der Waals surface area contributed by atoms with Crippen LogP contribution in [0.5, 0.6) is 0 Å². The Bertz CT molecular complexity index is 1430. The molecule has 0 aromatic heterocycles. The number of aliphatic hydroxyl groups is 2. The second-order valence-electron chi connectivity index (χ2n) is 15.9. The van der Waals surface area contributed by atoms with Crippen molar-refractivity contribution in [3.63, 3.8) is 0 Å². The van der Waals surface area contributed by atoms with Gasteiger partial charge in [0.2, 0.25) is 0 Å². The largest absolute Gasteiger partial charge is 0.466 e. The maximum atomic E-state index is 14.2. The fraction of sp³-hybridized carbons (Fsp3) is 0.683. The van der Waals surface area contributed by atoms with Crippen LogP contribution in [-0.4, -0.2) is 70.3 Å². The first-order valence-electron chi connectivity index (χ1n) is 18.6. The Morgan fingerprint density at radius 2 is 1.48 bits per heavy atom. The first-order chi connectivity index (χ1) is 23.5. The highest BCUT2D eigenvalue weighted by Gasteiger charge is 2.51. The van der Waals surface area contributed by atoms with Crippen LogP contribution in [0.15, 0.2) is 58.2 Å². The molecule has 50 heavy (non-hydrogen) atoms. The van der Waals surface area contributed by atoms with Gasteiger partial charge in [-0.2, -0.15) is 0 Å². The Hall–Kier alpha value is -3.01. The van der Waals surface area contributed by atoms with E-state index >= 15 is 0 Å². The molecule has 0 unspecified atom stereocenters. The monoisotopic (exact) mass is 696 g/mol. The number of epoxide rings is 1. The number of carbonyl (C=O) groups excluding carboxylic acids is 3. The van der Waals surface area contributed by atoms with Crippen LogP contribution in [0.25, 0.3) is 0 Å². The third-order valence-electron chi connectivity index (χ3n) is 11.3. The molecule has 0 saturated carbocycles. The van der Waals surface area contributed by atoms with Crippen LogP contribution < -0.4 is 0 Å². The van der Waals surface area contributed by atoms with Gasteiger partial charge >= 0.3 is 17.9 Å². The predicted octanol–water partition coefficient (Wildman–Crippen LogP) is 7.31. The van der Waals surface area contributed by atoms with Crippen molar-refractivity contribution in [2.45, 2.75) is 161 Å². The molecule has 0 aromatic rings. The molecule has 2 N–H and O–H groups in total. The van der Waals surface area contributed by atoms with Crippen molar-refractivity contribution in [3.05, 3.63) is 58.2 Å². The highest BCUT2D eigenvalue weighted by molar-refractivity contribution is 5.90. The van der Waals surface area contributed by atoms with Gasteiger partial charge in [0.1, 0.15) is 17.3 Å². The first kappa shape index (κ1) is 39.8. The summed E-state index contributed by atoms with van der Waals surface area (Å²) in [7, 11) is 1.39. The highest BCUT2D eigenvalue weighted by atomic mass is 16.6. The smallest absolute Gasteiger partial charge is 0.334 e. The number of ether oxygens (including phenoxy) is 4. The summed E-state index contributed by atoms with van der Waals surface area (Å²) in [6.45, 7) is 13.7. The van der Waals surface area contributed by atoms with Gasteiger partial charge in [0.25, 0.3) is 0 Å². The van der Waals surface area contributed by atoms with Crippen LogP contribution in [-0.2, 0) is 33.3 Å². The number of methoxy groups -OCH3 is 1. The fourth-order valence-corrected chi connectivity index (χ4v) is 7.25. The quantitative estimate of drug-likeness (QED) is 0.131. The van der Waals surface area contributed by atoms with E-state index in [1.54, 1.807) is 13.8 Å². The Kier molecular flexibility index (Phi) is 13.2. The van der Waals surface area contributed by atoms with E-state index in [2.05, 4.69) is 20.8 Å². The van der Waals surface area contributed by atoms with Gasteiger partial charge in [0.15, 0.2) is 0 Å². The zero-order valence-corrected chi connectivity index (χ0v) is 31.5. The third-order valence-corrected chi connectivity index (χ3v) is 11.3. The summed E-state index contributed by atoms with van der Waals surface area (Å²) < 4.78 is 23.3. The molecule has 2 bridgehead atoms. The minimum atomic E-state index is -1.51. The van der Waals surface area contributed by atoms with E-state index < -0.39 is 35.3 Å². The van der Waals surface area contributed by atoms with Crippen molar-refractivity contribution < 1.29 is 43.5 Å². The van der Waals surface area contributed by atoms with Crippen LogP contribution >= 0.6 is 0 Å². The molecular formula is C41H60O9. The minimum absolute atomic E-state index is 0.0135. The van der Waals surface area contributed by atoms with Gasteiger partial charge in [0.05, 0.1) is 24.9 Å². The molecule has 6 atom stereocenters. The Balaban J connectivity index is 1.66. The number of allylic oxidation sites excluding steroid dienone is 6. The van der Waals surface area contributed by atoms with Crippen molar-refractivity contribution in [1.82, 2.24) is 0 Å². The zero-order chi connectivity index (χ0) is 36.9. The average molecular weight is 697 g/mol. The normalized spacial score (nSPS) is 37.5. The number of aliphatic hydroxyl groups excluding tert-OH is 1. The third kappa shape index (κ3) is 10.1. The average Bonchev–Trinajstić information content (AvgIpc) is 3.74. The minimum Gasteiger partial charge on any atom is -0.466 e. The van der Waals surface area contributed by atoms with Crippen LogP contribution in [0, 0.1) is 11.8 Å². The SMILES string of the molecule is COC(=O)/C1=C\C=C(\C(C)C)CC/C(C(=O)O[C@@H]2/C=C(/C(C)C)CCC3=CCC[C@@](C)(OC3=O)[C@H](O)CC[C@@]2(C)O)=C/CC[C@@]2(C)O[C@@H]2CC1. The standard InChI is InChI=1S/C41H60O9/c1-26(2)28-13-15-29(11-10-23-41(7)34(49-41)20-19-31(16-14-28)36(43)47-8)37(44)48-35-25-32(27(3)4)18-17-30-12-9-22-40(6,50-38(30)45)33(42)21-24-39(35,5)46/h11-12,14,16,25-27,33-35,42,46H,9-10,13,15,17-24H2,1-8H3/b28-14+,29-11-,31-16-,32-25+/t33-,34-,35-,39-,40-,41-/m1/s1. The van der Waals surface area contributed by atoms with Gasteiger partial charge in [-0.3, -0.25) is 0 Å². The summed E-state index contributed by atoms with van der Waals surface area (Å²) >= 11 is 0. The molecule has 9 nitrogen and oxygen atoms in total. The molecule has 4 rings (SSSR count). The van der Waals surface area contributed by atoms with E-state index in [-0.39, 0.29) is 42.4 Å². The van der Waals surface area contributed by atoms with Crippen LogP contribution in [0.3, 0.4) is 0 Å². The molecule has 4 aliphatic rings. The summed E-state index contributed by atoms with van der Waals surface area (Å²) in [4.78, 5) is 39.8. The van der Waals surface area contributed by atoms with E-state index in [0.717, 1.165) is 11.1 Å². The van der Waals surface area contributed by atoms with Crippen molar-refractivity contribution in [2.75, 3.05) is 7.11 Å². The second kappa shape index (κ2) is 16.6. The van der Waals surface area contributed by atoms with E-state index in [1.807, 2.05) is 44.2 Å². The summed E-state index contributed by atoms with van der Waals surface area (Å²) in [5.41, 5.74) is 0.811. The molecule has 0 aromatic carbocycles. The molecule has 1 fully saturated rings. The lowest BCUT2D eigenvalue weighted by Crippen LogP contribution is -2.46. The molecule has 3 aliphatic heterocycles. The summed E-state index contributed by atoms with van der Waals surface area (Å²) in [5.74, 6) is -1.01.